The van der Waals surface area contributed by atoms with E-state index in [4.69, 9.17) is 0 Å². The minimum atomic E-state index is -0.498. The van der Waals surface area contributed by atoms with Crippen molar-refractivity contribution in [1.82, 2.24) is 9.55 Å². The zero-order chi connectivity index (χ0) is 16.8. The normalized spacial score (nSPS) is 15.1. The number of rotatable bonds is 2. The van der Waals surface area contributed by atoms with E-state index in [0.29, 0.717) is 23.3 Å². The van der Waals surface area contributed by atoms with Gasteiger partial charge < -0.3 is 0 Å². The fraction of sp³-hybridized carbons (Fsp3) is 0.176. The summed E-state index contributed by atoms with van der Waals surface area (Å²) in [5.41, 5.74) is 2.41. The van der Waals surface area contributed by atoms with Crippen molar-refractivity contribution in [3.63, 3.8) is 0 Å². The highest BCUT2D eigenvalue weighted by molar-refractivity contribution is 7.11. The number of hydrogen-bond donors (Lipinski definition) is 0. The Kier molecular flexibility index (Phi) is 3.31. The highest BCUT2D eigenvalue weighted by atomic mass is 32.1. The third-order valence-electron chi connectivity index (χ3n) is 4.25. The summed E-state index contributed by atoms with van der Waals surface area (Å²) in [4.78, 5) is 28.9. The molecule has 0 radical (unpaired) electrons. The maximum Gasteiger partial charge on any atom is 0.270 e. The Bertz CT molecular complexity index is 1080. The number of aromatic nitrogens is 2. The van der Waals surface area contributed by atoms with Crippen molar-refractivity contribution in [1.29, 1.82) is 0 Å². The van der Waals surface area contributed by atoms with Gasteiger partial charge in [0.25, 0.3) is 11.2 Å². The van der Waals surface area contributed by atoms with E-state index in [9.17, 15) is 14.9 Å². The topological polar surface area (TPSA) is 78.0 Å². The predicted octanol–water partition coefficient (Wildman–Crippen LogP) is 3.62. The number of aryl methyl sites for hydroxylation is 1. The molecule has 0 saturated carbocycles. The Morgan fingerprint density at radius 3 is 2.92 bits per heavy atom. The van der Waals surface area contributed by atoms with Gasteiger partial charge in [-0.1, -0.05) is 0 Å². The van der Waals surface area contributed by atoms with E-state index in [0.717, 1.165) is 16.9 Å². The van der Waals surface area contributed by atoms with Gasteiger partial charge >= 0.3 is 0 Å². The van der Waals surface area contributed by atoms with Crippen LogP contribution in [0, 0.1) is 17.0 Å². The van der Waals surface area contributed by atoms with Crippen molar-refractivity contribution in [3.05, 3.63) is 66.4 Å². The highest BCUT2D eigenvalue weighted by Crippen LogP contribution is 2.30. The van der Waals surface area contributed by atoms with Gasteiger partial charge in [0.05, 0.1) is 15.8 Å². The smallest absolute Gasteiger partial charge is 0.270 e. The Morgan fingerprint density at radius 2 is 2.21 bits per heavy atom. The lowest BCUT2D eigenvalue weighted by molar-refractivity contribution is -0.384. The molecular formula is C17H13N3O3S. The number of nitrogens with zero attached hydrogens (tertiary/aromatic N) is 3. The van der Waals surface area contributed by atoms with E-state index in [2.05, 4.69) is 24.1 Å². The van der Waals surface area contributed by atoms with Crippen LogP contribution < -0.4 is 5.56 Å². The summed E-state index contributed by atoms with van der Waals surface area (Å²) in [6, 6.07) is 6.30. The van der Waals surface area contributed by atoms with Crippen LogP contribution in [0.25, 0.3) is 22.6 Å². The van der Waals surface area contributed by atoms with E-state index in [1.807, 2.05) is 5.38 Å². The van der Waals surface area contributed by atoms with Gasteiger partial charge in [0, 0.05) is 23.6 Å². The van der Waals surface area contributed by atoms with Gasteiger partial charge in [-0.3, -0.25) is 19.5 Å². The number of non-ortho nitro benzene ring substituents is 1. The quantitative estimate of drug-likeness (QED) is 0.528. The maximum absolute atomic E-state index is 12.7. The van der Waals surface area contributed by atoms with Crippen molar-refractivity contribution in [3.8, 4) is 0 Å². The standard InChI is InChI=1S/C17H13N3O3S/c1-10-5-7-24-15(10)8-11-4-6-19-16(11)18-14-3-2-12(20(22)23)9-13(14)17(19)21/h2-3,5,7-9H,4,6H2,1H3/b11-8+. The molecule has 3 aromatic rings. The third kappa shape index (κ3) is 2.25. The van der Waals surface area contributed by atoms with Crippen LogP contribution >= 0.6 is 11.3 Å². The second-order valence-electron chi connectivity index (χ2n) is 5.74. The van der Waals surface area contributed by atoms with Crippen molar-refractivity contribution >= 4 is 39.6 Å². The van der Waals surface area contributed by atoms with Crippen LogP contribution in [0.4, 0.5) is 5.69 Å². The molecule has 24 heavy (non-hydrogen) atoms. The Hall–Kier alpha value is -2.80. The van der Waals surface area contributed by atoms with Gasteiger partial charge in [-0.05, 0) is 48.1 Å². The molecule has 0 N–H and O–H groups in total. The molecule has 0 unspecified atom stereocenters. The van der Waals surface area contributed by atoms with Gasteiger partial charge in [-0.2, -0.15) is 0 Å². The molecule has 1 aromatic carbocycles. The zero-order valence-corrected chi connectivity index (χ0v) is 13.7. The first-order valence-electron chi connectivity index (χ1n) is 7.48. The molecule has 0 amide bonds. The number of nitro benzene ring substituents is 1. The molecule has 4 rings (SSSR count). The SMILES string of the molecule is Cc1ccsc1/C=C1\CCn2c1nc1ccc([N+](=O)[O-])cc1c2=O. The van der Waals surface area contributed by atoms with Gasteiger partial charge in [0.15, 0.2) is 0 Å². The van der Waals surface area contributed by atoms with Crippen LogP contribution in [0.3, 0.4) is 0 Å². The molecule has 2 aromatic heterocycles. The summed E-state index contributed by atoms with van der Waals surface area (Å²) in [6.45, 7) is 2.61. The van der Waals surface area contributed by atoms with Crippen LogP contribution in [0.2, 0.25) is 0 Å². The molecule has 1 aliphatic rings. The molecule has 120 valence electrons. The molecule has 0 atom stereocenters. The second-order valence-corrected chi connectivity index (χ2v) is 6.69. The lowest BCUT2D eigenvalue weighted by atomic mass is 10.1. The number of thiophene rings is 1. The van der Waals surface area contributed by atoms with Crippen LogP contribution in [-0.2, 0) is 6.54 Å². The van der Waals surface area contributed by atoms with Crippen molar-refractivity contribution < 1.29 is 4.92 Å². The average Bonchev–Trinajstić information content (AvgIpc) is 3.15. The number of benzene rings is 1. The Morgan fingerprint density at radius 1 is 1.38 bits per heavy atom. The summed E-state index contributed by atoms with van der Waals surface area (Å²) in [7, 11) is 0. The molecule has 0 aliphatic carbocycles. The molecule has 6 nitrogen and oxygen atoms in total. The number of fused-ring (bicyclic) bond motifs is 2. The fourth-order valence-corrected chi connectivity index (χ4v) is 3.83. The van der Waals surface area contributed by atoms with Gasteiger partial charge in [0.1, 0.15) is 5.82 Å². The first-order chi connectivity index (χ1) is 11.5. The van der Waals surface area contributed by atoms with Gasteiger partial charge in [-0.25, -0.2) is 4.98 Å². The molecule has 7 heteroatoms. The fourth-order valence-electron chi connectivity index (χ4n) is 2.95. The molecule has 0 fully saturated rings. The molecule has 1 aliphatic heterocycles. The van der Waals surface area contributed by atoms with Gasteiger partial charge in [-0.15, -0.1) is 11.3 Å². The first kappa shape index (κ1) is 14.8. The Balaban J connectivity index is 1.91. The van der Waals surface area contributed by atoms with E-state index >= 15 is 0 Å². The summed E-state index contributed by atoms with van der Waals surface area (Å²) in [6.07, 6.45) is 2.82. The Labute approximate surface area is 140 Å². The molecule has 0 bridgehead atoms. The van der Waals surface area contributed by atoms with Crippen LogP contribution in [-0.4, -0.2) is 14.5 Å². The monoisotopic (exact) mass is 339 g/mol. The summed E-state index contributed by atoms with van der Waals surface area (Å²) in [5.74, 6) is 0.661. The summed E-state index contributed by atoms with van der Waals surface area (Å²) in [5, 5.41) is 13.3. The van der Waals surface area contributed by atoms with Gasteiger partial charge in [0.2, 0.25) is 0 Å². The number of nitro groups is 1. The second kappa shape index (κ2) is 5.38. The predicted molar refractivity (Wildman–Crippen MR) is 94.2 cm³/mol. The zero-order valence-electron chi connectivity index (χ0n) is 12.9. The minimum absolute atomic E-state index is 0.0927. The van der Waals surface area contributed by atoms with Crippen molar-refractivity contribution in [2.75, 3.05) is 0 Å². The largest absolute Gasteiger partial charge is 0.292 e. The van der Waals surface area contributed by atoms with Crippen LogP contribution in [0.1, 0.15) is 22.7 Å². The van der Waals surface area contributed by atoms with Crippen molar-refractivity contribution in [2.45, 2.75) is 19.9 Å². The molecule has 0 saturated heterocycles. The maximum atomic E-state index is 12.7. The number of allylic oxidation sites excluding steroid dienone is 1. The van der Waals surface area contributed by atoms with E-state index in [1.165, 1.54) is 17.7 Å². The number of hydrogen-bond acceptors (Lipinski definition) is 5. The third-order valence-corrected chi connectivity index (χ3v) is 5.21. The average molecular weight is 339 g/mol. The lowest BCUT2D eigenvalue weighted by Gasteiger charge is -2.05. The summed E-state index contributed by atoms with van der Waals surface area (Å²) >= 11 is 1.66. The van der Waals surface area contributed by atoms with E-state index in [1.54, 1.807) is 22.0 Å². The van der Waals surface area contributed by atoms with E-state index in [-0.39, 0.29) is 11.2 Å². The van der Waals surface area contributed by atoms with Crippen LogP contribution in [0.15, 0.2) is 34.4 Å². The van der Waals surface area contributed by atoms with Crippen LogP contribution in [0.5, 0.6) is 0 Å². The molecule has 0 spiro atoms. The van der Waals surface area contributed by atoms with Crippen molar-refractivity contribution in [2.24, 2.45) is 0 Å². The lowest BCUT2D eigenvalue weighted by Crippen LogP contribution is -2.20. The molecule has 3 heterocycles. The van der Waals surface area contributed by atoms with E-state index < -0.39 is 4.92 Å². The first-order valence-corrected chi connectivity index (χ1v) is 8.36. The highest BCUT2D eigenvalue weighted by Gasteiger charge is 2.22. The summed E-state index contributed by atoms with van der Waals surface area (Å²) < 4.78 is 1.61. The molecular weight excluding hydrogens is 326 g/mol. The minimum Gasteiger partial charge on any atom is -0.292 e.